The molecule has 1 amide bonds. The van der Waals surface area contributed by atoms with Gasteiger partial charge in [-0.2, -0.15) is 0 Å². The number of thioether (sulfide) groups is 1. The molecule has 0 aliphatic rings. The zero-order chi connectivity index (χ0) is 16.1. The van der Waals surface area contributed by atoms with E-state index in [0.717, 1.165) is 22.1 Å². The van der Waals surface area contributed by atoms with Crippen molar-refractivity contribution < 1.29 is 4.79 Å². The summed E-state index contributed by atoms with van der Waals surface area (Å²) in [6, 6.07) is 13.5. The maximum absolute atomic E-state index is 12.1. The fourth-order valence-electron chi connectivity index (χ4n) is 2.04. The molecule has 6 heteroatoms. The highest BCUT2D eigenvalue weighted by Crippen LogP contribution is 2.22. The van der Waals surface area contributed by atoms with E-state index in [1.54, 1.807) is 18.0 Å². The second kappa shape index (κ2) is 7.39. The van der Waals surface area contributed by atoms with E-state index in [-0.39, 0.29) is 12.3 Å². The lowest BCUT2D eigenvalue weighted by molar-refractivity contribution is -0.115. The number of benzene rings is 1. The minimum Gasteiger partial charge on any atom is -0.326 e. The highest BCUT2D eigenvalue weighted by molar-refractivity contribution is 7.98. The summed E-state index contributed by atoms with van der Waals surface area (Å²) in [6.07, 6.45) is 4.02. The molecule has 0 spiro atoms. The van der Waals surface area contributed by atoms with Crippen LogP contribution in [0.15, 0.2) is 58.9 Å². The summed E-state index contributed by atoms with van der Waals surface area (Å²) in [5.74, 6) is -0.0697. The van der Waals surface area contributed by atoms with Crippen molar-refractivity contribution in [2.75, 3.05) is 11.6 Å². The van der Waals surface area contributed by atoms with Crippen molar-refractivity contribution in [3.63, 3.8) is 0 Å². The van der Waals surface area contributed by atoms with Crippen LogP contribution in [-0.2, 0) is 11.2 Å². The molecule has 4 nitrogen and oxygen atoms in total. The average Bonchev–Trinajstić information content (AvgIpc) is 3.04. The molecule has 0 aliphatic carbocycles. The van der Waals surface area contributed by atoms with Gasteiger partial charge in [-0.05, 0) is 42.7 Å². The molecule has 2 aromatic heterocycles. The zero-order valence-corrected chi connectivity index (χ0v) is 14.2. The number of hydrogen-bond donors (Lipinski definition) is 1. The van der Waals surface area contributed by atoms with E-state index >= 15 is 0 Å². The van der Waals surface area contributed by atoms with Crippen molar-refractivity contribution in [3.8, 4) is 10.7 Å². The lowest BCUT2D eigenvalue weighted by Gasteiger charge is -2.04. The second-order valence-corrected chi connectivity index (χ2v) is 6.55. The summed E-state index contributed by atoms with van der Waals surface area (Å²) in [5, 5.41) is 5.63. The molecule has 3 rings (SSSR count). The first-order valence-corrected chi connectivity index (χ1v) is 9.15. The summed E-state index contributed by atoms with van der Waals surface area (Å²) < 4.78 is 0. The number of nitrogens with zero attached hydrogens (tertiary/aromatic N) is 2. The maximum atomic E-state index is 12.1. The Kier molecular flexibility index (Phi) is 5.05. The molecule has 0 fully saturated rings. The van der Waals surface area contributed by atoms with Gasteiger partial charge in [-0.1, -0.05) is 6.07 Å². The fraction of sp³-hybridized carbons (Fsp3) is 0.118. The van der Waals surface area contributed by atoms with Gasteiger partial charge in [0.05, 0.1) is 17.8 Å². The summed E-state index contributed by atoms with van der Waals surface area (Å²) in [5.41, 5.74) is 2.39. The van der Waals surface area contributed by atoms with E-state index in [2.05, 4.69) is 15.3 Å². The van der Waals surface area contributed by atoms with E-state index in [1.165, 1.54) is 16.2 Å². The number of carbonyl (C=O) groups excluding carboxylic acids is 1. The molecule has 0 atom stereocenters. The van der Waals surface area contributed by atoms with Gasteiger partial charge in [-0.3, -0.25) is 9.78 Å². The molecule has 0 saturated carbocycles. The van der Waals surface area contributed by atoms with Crippen LogP contribution < -0.4 is 5.32 Å². The SMILES string of the molecule is CSc1ccc(NC(=O)Cc2csc(-c3ccccn3)n2)cc1. The molecule has 116 valence electrons. The predicted molar refractivity (Wildman–Crippen MR) is 95.9 cm³/mol. The Bertz CT molecular complexity index is 785. The number of amides is 1. The van der Waals surface area contributed by atoms with Crippen molar-refractivity contribution in [1.29, 1.82) is 0 Å². The van der Waals surface area contributed by atoms with E-state index in [0.29, 0.717) is 0 Å². The van der Waals surface area contributed by atoms with Crippen LogP contribution >= 0.6 is 23.1 Å². The fourth-order valence-corrected chi connectivity index (χ4v) is 3.24. The van der Waals surface area contributed by atoms with E-state index < -0.39 is 0 Å². The van der Waals surface area contributed by atoms with Crippen LogP contribution in [0.2, 0.25) is 0 Å². The van der Waals surface area contributed by atoms with Crippen LogP contribution in [0.3, 0.4) is 0 Å². The van der Waals surface area contributed by atoms with Crippen molar-refractivity contribution in [1.82, 2.24) is 9.97 Å². The van der Waals surface area contributed by atoms with Crippen LogP contribution in [0.5, 0.6) is 0 Å². The van der Waals surface area contributed by atoms with Gasteiger partial charge in [0.15, 0.2) is 0 Å². The van der Waals surface area contributed by atoms with Crippen molar-refractivity contribution in [2.24, 2.45) is 0 Å². The van der Waals surface area contributed by atoms with Crippen LogP contribution in [0.25, 0.3) is 10.7 Å². The third kappa shape index (κ3) is 4.18. The highest BCUT2D eigenvalue weighted by Gasteiger charge is 2.10. The molecule has 1 N–H and O–H groups in total. The molecule has 0 radical (unpaired) electrons. The molecule has 0 aliphatic heterocycles. The molecule has 1 aromatic carbocycles. The quantitative estimate of drug-likeness (QED) is 0.710. The average molecular weight is 341 g/mol. The molecule has 3 aromatic rings. The van der Waals surface area contributed by atoms with Gasteiger partial charge >= 0.3 is 0 Å². The largest absolute Gasteiger partial charge is 0.326 e. The first-order valence-electron chi connectivity index (χ1n) is 7.04. The number of thiazole rings is 1. The number of carbonyl (C=O) groups is 1. The number of hydrogen-bond acceptors (Lipinski definition) is 5. The van der Waals surface area contributed by atoms with Crippen LogP contribution in [0.1, 0.15) is 5.69 Å². The Morgan fingerprint density at radius 3 is 2.74 bits per heavy atom. The van der Waals surface area contributed by atoms with Gasteiger partial charge in [-0.15, -0.1) is 23.1 Å². The van der Waals surface area contributed by atoms with Crippen molar-refractivity contribution >= 4 is 34.7 Å². The Morgan fingerprint density at radius 1 is 1.22 bits per heavy atom. The minimum atomic E-state index is -0.0697. The topological polar surface area (TPSA) is 54.9 Å². The molecule has 2 heterocycles. The van der Waals surface area contributed by atoms with Gasteiger partial charge in [0.2, 0.25) is 5.91 Å². The number of nitrogens with one attached hydrogen (secondary N) is 1. The van der Waals surface area contributed by atoms with Crippen molar-refractivity contribution in [2.45, 2.75) is 11.3 Å². The van der Waals surface area contributed by atoms with E-state index in [9.17, 15) is 4.79 Å². The van der Waals surface area contributed by atoms with Gasteiger partial charge in [-0.25, -0.2) is 4.98 Å². The number of aromatic nitrogens is 2. The summed E-state index contributed by atoms with van der Waals surface area (Å²) in [4.78, 5) is 22.0. The Morgan fingerprint density at radius 2 is 2.04 bits per heavy atom. The monoisotopic (exact) mass is 341 g/mol. The van der Waals surface area contributed by atoms with Crippen LogP contribution in [-0.4, -0.2) is 22.1 Å². The van der Waals surface area contributed by atoms with Gasteiger partial charge in [0.25, 0.3) is 0 Å². The van der Waals surface area contributed by atoms with Gasteiger partial charge in [0, 0.05) is 22.2 Å². The summed E-state index contributed by atoms with van der Waals surface area (Å²) >= 11 is 3.17. The minimum absolute atomic E-state index is 0.0697. The zero-order valence-electron chi connectivity index (χ0n) is 12.5. The number of pyridine rings is 1. The molecular weight excluding hydrogens is 326 g/mol. The normalized spacial score (nSPS) is 10.5. The molecule has 0 bridgehead atoms. The van der Waals surface area contributed by atoms with Gasteiger partial charge in [0.1, 0.15) is 5.01 Å². The third-order valence-electron chi connectivity index (χ3n) is 3.15. The van der Waals surface area contributed by atoms with E-state index in [1.807, 2.05) is 54.1 Å². The highest BCUT2D eigenvalue weighted by atomic mass is 32.2. The Balaban J connectivity index is 1.63. The maximum Gasteiger partial charge on any atom is 0.230 e. The second-order valence-electron chi connectivity index (χ2n) is 4.81. The smallest absolute Gasteiger partial charge is 0.230 e. The molecule has 23 heavy (non-hydrogen) atoms. The third-order valence-corrected chi connectivity index (χ3v) is 4.81. The summed E-state index contributed by atoms with van der Waals surface area (Å²) in [7, 11) is 0. The first kappa shape index (κ1) is 15.7. The first-order chi connectivity index (χ1) is 11.2. The summed E-state index contributed by atoms with van der Waals surface area (Å²) in [6.45, 7) is 0. The molecule has 0 saturated heterocycles. The molecular formula is C17H15N3OS2. The lowest BCUT2D eigenvalue weighted by atomic mass is 10.3. The number of anilines is 1. The molecule has 0 unspecified atom stereocenters. The van der Waals surface area contributed by atoms with Crippen LogP contribution in [0.4, 0.5) is 5.69 Å². The standard InChI is InChI=1S/C17H15N3OS2/c1-22-14-7-5-12(6-8-14)19-16(21)10-13-11-23-17(20-13)15-4-2-3-9-18-15/h2-9,11H,10H2,1H3,(H,19,21). The Hall–Kier alpha value is -2.18. The Labute approximate surface area is 143 Å². The van der Waals surface area contributed by atoms with Crippen LogP contribution in [0, 0.1) is 0 Å². The number of rotatable bonds is 5. The lowest BCUT2D eigenvalue weighted by Crippen LogP contribution is -2.14. The van der Waals surface area contributed by atoms with Crippen molar-refractivity contribution in [3.05, 3.63) is 59.7 Å². The predicted octanol–water partition coefficient (Wildman–Crippen LogP) is 4.11. The van der Waals surface area contributed by atoms with E-state index in [4.69, 9.17) is 0 Å². The van der Waals surface area contributed by atoms with Gasteiger partial charge < -0.3 is 5.32 Å².